The van der Waals surface area contributed by atoms with E-state index in [2.05, 4.69) is 10.3 Å². The van der Waals surface area contributed by atoms with Crippen LogP contribution in [0.5, 0.6) is 0 Å². The van der Waals surface area contributed by atoms with E-state index in [0.717, 1.165) is 6.20 Å². The van der Waals surface area contributed by atoms with Crippen molar-refractivity contribution in [1.29, 1.82) is 0 Å². The maximum Gasteiger partial charge on any atom is 0.288 e. The van der Waals surface area contributed by atoms with E-state index < -0.39 is 16.9 Å². The number of aliphatic hydroxyl groups is 1. The topological polar surface area (TPSA) is 109 Å². The van der Waals surface area contributed by atoms with Crippen molar-refractivity contribution in [1.82, 2.24) is 9.88 Å². The number of nitrogens with zero attached hydrogens (tertiary/aromatic N) is 3. The fourth-order valence-electron chi connectivity index (χ4n) is 1.60. The number of aliphatic hydroxyl groups excluding tert-OH is 1. The molecule has 1 aromatic rings. The van der Waals surface area contributed by atoms with Crippen LogP contribution in [0.15, 0.2) is 12.3 Å². The van der Waals surface area contributed by atoms with E-state index in [1.807, 2.05) is 0 Å². The summed E-state index contributed by atoms with van der Waals surface area (Å²) in [5, 5.41) is 22.7. The van der Waals surface area contributed by atoms with E-state index in [1.54, 1.807) is 14.0 Å². The van der Waals surface area contributed by atoms with Crippen molar-refractivity contribution >= 4 is 17.4 Å². The van der Waals surface area contributed by atoms with Gasteiger partial charge in [-0.1, -0.05) is 0 Å². The summed E-state index contributed by atoms with van der Waals surface area (Å²) in [6, 6.07) is 1.17. The fraction of sp³-hybridized carbons (Fsp3) is 0.455. The molecule has 8 heteroatoms. The van der Waals surface area contributed by atoms with Gasteiger partial charge in [0, 0.05) is 26.7 Å². The van der Waals surface area contributed by atoms with Crippen molar-refractivity contribution in [2.45, 2.75) is 13.0 Å². The Morgan fingerprint density at radius 1 is 1.68 bits per heavy atom. The third-order valence-corrected chi connectivity index (χ3v) is 2.44. The smallest absolute Gasteiger partial charge is 0.288 e. The van der Waals surface area contributed by atoms with Crippen molar-refractivity contribution in [2.75, 3.05) is 26.0 Å². The van der Waals surface area contributed by atoms with E-state index in [9.17, 15) is 20.0 Å². The maximum atomic E-state index is 12.1. The molecule has 19 heavy (non-hydrogen) atoms. The molecular formula is C11H16N4O4. The zero-order valence-electron chi connectivity index (χ0n) is 11.0. The molecule has 0 aliphatic carbocycles. The van der Waals surface area contributed by atoms with Crippen LogP contribution in [0.3, 0.4) is 0 Å². The molecule has 8 nitrogen and oxygen atoms in total. The van der Waals surface area contributed by atoms with Gasteiger partial charge in [-0.3, -0.25) is 14.9 Å². The third-order valence-electron chi connectivity index (χ3n) is 2.44. The van der Waals surface area contributed by atoms with E-state index in [1.165, 1.54) is 18.0 Å². The minimum absolute atomic E-state index is 0.0971. The van der Waals surface area contributed by atoms with Gasteiger partial charge in [0.05, 0.1) is 16.6 Å². The first-order valence-electron chi connectivity index (χ1n) is 5.62. The molecule has 0 radical (unpaired) electrons. The summed E-state index contributed by atoms with van der Waals surface area (Å²) in [5.41, 5.74) is -0.160. The van der Waals surface area contributed by atoms with Crippen LogP contribution < -0.4 is 5.32 Å². The second kappa shape index (κ2) is 6.10. The van der Waals surface area contributed by atoms with Crippen molar-refractivity contribution < 1.29 is 14.8 Å². The first kappa shape index (κ1) is 14.8. The highest BCUT2D eigenvalue weighted by Gasteiger charge is 2.21. The quantitative estimate of drug-likeness (QED) is 0.594. The van der Waals surface area contributed by atoms with Crippen LogP contribution >= 0.6 is 0 Å². The van der Waals surface area contributed by atoms with Gasteiger partial charge in [0.15, 0.2) is 0 Å². The second-order valence-electron chi connectivity index (χ2n) is 4.13. The Morgan fingerprint density at radius 2 is 2.32 bits per heavy atom. The highest BCUT2D eigenvalue weighted by Crippen LogP contribution is 2.20. The van der Waals surface area contributed by atoms with E-state index >= 15 is 0 Å². The van der Waals surface area contributed by atoms with E-state index in [-0.39, 0.29) is 23.6 Å². The molecule has 0 spiro atoms. The molecule has 1 rings (SSSR count). The van der Waals surface area contributed by atoms with Crippen molar-refractivity contribution in [3.8, 4) is 0 Å². The van der Waals surface area contributed by atoms with Gasteiger partial charge < -0.3 is 15.3 Å². The number of carbonyl (C=O) groups excluding carboxylic acids is 1. The Bertz CT molecular complexity index is 490. The number of amides is 1. The van der Waals surface area contributed by atoms with Crippen LogP contribution in [-0.4, -0.2) is 52.6 Å². The maximum absolute atomic E-state index is 12.1. The van der Waals surface area contributed by atoms with Crippen LogP contribution in [0.25, 0.3) is 0 Å². The van der Waals surface area contributed by atoms with Gasteiger partial charge in [0.2, 0.25) is 0 Å². The normalized spacial score (nSPS) is 11.8. The number of nitrogens with one attached hydrogen (secondary N) is 1. The molecule has 1 atom stereocenters. The Labute approximate surface area is 110 Å². The minimum atomic E-state index is -0.682. The average molecular weight is 268 g/mol. The number of aromatic nitrogens is 1. The summed E-state index contributed by atoms with van der Waals surface area (Å²) in [4.78, 5) is 27.4. The average Bonchev–Trinajstić information content (AvgIpc) is 2.36. The van der Waals surface area contributed by atoms with Gasteiger partial charge in [-0.25, -0.2) is 4.98 Å². The van der Waals surface area contributed by atoms with Crippen LogP contribution in [0.1, 0.15) is 17.3 Å². The number of pyridine rings is 1. The van der Waals surface area contributed by atoms with E-state index in [0.29, 0.717) is 0 Å². The SMILES string of the molecule is CNc1ncc([N+](=O)[O-])cc1C(=O)N(C)CC(C)O. The van der Waals surface area contributed by atoms with Gasteiger partial charge in [-0.2, -0.15) is 0 Å². The van der Waals surface area contributed by atoms with Gasteiger partial charge in [-0.15, -0.1) is 0 Å². The molecule has 0 aliphatic heterocycles. The predicted molar refractivity (Wildman–Crippen MR) is 69.1 cm³/mol. The number of hydrogen-bond acceptors (Lipinski definition) is 6. The molecule has 1 amide bonds. The van der Waals surface area contributed by atoms with Crippen LogP contribution in [0.4, 0.5) is 11.5 Å². The van der Waals surface area contributed by atoms with Crippen molar-refractivity contribution in [3.63, 3.8) is 0 Å². The number of likely N-dealkylation sites (N-methyl/N-ethyl adjacent to an activating group) is 1. The zero-order chi connectivity index (χ0) is 14.6. The molecule has 2 N–H and O–H groups in total. The summed E-state index contributed by atoms with van der Waals surface area (Å²) < 4.78 is 0. The van der Waals surface area contributed by atoms with Crippen LogP contribution in [0.2, 0.25) is 0 Å². The molecule has 0 aliphatic rings. The minimum Gasteiger partial charge on any atom is -0.392 e. The predicted octanol–water partition coefficient (Wildman–Crippen LogP) is 0.484. The molecule has 0 saturated carbocycles. The summed E-state index contributed by atoms with van der Waals surface area (Å²) in [6.45, 7) is 1.68. The highest BCUT2D eigenvalue weighted by molar-refractivity contribution is 5.99. The Kier molecular flexibility index (Phi) is 4.76. The van der Waals surface area contributed by atoms with Crippen LogP contribution in [0, 0.1) is 10.1 Å². The van der Waals surface area contributed by atoms with Gasteiger partial charge in [-0.05, 0) is 6.92 Å². The molecular weight excluding hydrogens is 252 g/mol. The number of nitro groups is 1. The summed E-state index contributed by atoms with van der Waals surface area (Å²) in [5.74, 6) is -0.186. The fourth-order valence-corrected chi connectivity index (χ4v) is 1.60. The van der Waals surface area contributed by atoms with Gasteiger partial charge in [0.1, 0.15) is 12.0 Å². The Hall–Kier alpha value is -2.22. The second-order valence-corrected chi connectivity index (χ2v) is 4.13. The third kappa shape index (κ3) is 3.62. The standard InChI is InChI=1S/C11H16N4O4/c1-7(16)6-14(3)11(17)9-4-8(15(18)19)5-13-10(9)12-2/h4-5,7,16H,6H2,1-3H3,(H,12,13). The molecule has 0 bridgehead atoms. The largest absolute Gasteiger partial charge is 0.392 e. The first-order chi connectivity index (χ1) is 8.86. The lowest BCUT2D eigenvalue weighted by molar-refractivity contribution is -0.385. The number of rotatable bonds is 5. The number of anilines is 1. The molecule has 1 unspecified atom stereocenters. The highest BCUT2D eigenvalue weighted by atomic mass is 16.6. The molecule has 0 saturated heterocycles. The van der Waals surface area contributed by atoms with Gasteiger partial charge in [0.25, 0.3) is 11.6 Å². The molecule has 0 aromatic carbocycles. The van der Waals surface area contributed by atoms with E-state index in [4.69, 9.17) is 0 Å². The lowest BCUT2D eigenvalue weighted by Crippen LogP contribution is -2.33. The first-order valence-corrected chi connectivity index (χ1v) is 5.62. The van der Waals surface area contributed by atoms with Gasteiger partial charge >= 0.3 is 0 Å². The number of carbonyl (C=O) groups is 1. The summed E-state index contributed by atoms with van der Waals surface area (Å²) >= 11 is 0. The molecule has 0 fully saturated rings. The van der Waals surface area contributed by atoms with Crippen molar-refractivity contribution in [3.05, 3.63) is 27.9 Å². The van der Waals surface area contributed by atoms with Crippen LogP contribution in [-0.2, 0) is 0 Å². The molecule has 1 heterocycles. The Balaban J connectivity index is 3.12. The summed E-state index contributed by atoms with van der Waals surface area (Å²) in [7, 11) is 3.08. The van der Waals surface area contributed by atoms with Crippen molar-refractivity contribution in [2.24, 2.45) is 0 Å². The lowest BCUT2D eigenvalue weighted by Gasteiger charge is -2.19. The number of hydrogen-bond donors (Lipinski definition) is 2. The Morgan fingerprint density at radius 3 is 2.79 bits per heavy atom. The molecule has 104 valence electrons. The summed E-state index contributed by atoms with van der Waals surface area (Å²) in [6.07, 6.45) is 0.399. The lowest BCUT2D eigenvalue weighted by atomic mass is 10.2. The zero-order valence-corrected chi connectivity index (χ0v) is 11.0. The molecule has 1 aromatic heterocycles. The monoisotopic (exact) mass is 268 g/mol.